The number of para-hydroxylation sites is 2. The fraction of sp³-hybridized carbons (Fsp3) is 0.633. The molecule has 2 aliphatic heterocycles. The van der Waals surface area contributed by atoms with Crippen LogP contribution in [0.25, 0.3) is 22.6 Å². The average Bonchev–Trinajstić information content (AvgIpc) is 3.20. The van der Waals surface area contributed by atoms with Crippen LogP contribution in [0.5, 0.6) is 0 Å². The molecule has 5 heteroatoms. The predicted molar refractivity (Wildman–Crippen MR) is 140 cm³/mol. The van der Waals surface area contributed by atoms with Gasteiger partial charge < -0.3 is 4.57 Å². The summed E-state index contributed by atoms with van der Waals surface area (Å²) in [6, 6.07) is 11.3. The summed E-state index contributed by atoms with van der Waals surface area (Å²) in [5.74, 6) is 3.73. The minimum atomic E-state index is 0.472. The molecule has 1 unspecified atom stereocenters. The van der Waals surface area contributed by atoms with Gasteiger partial charge in [-0.15, -0.1) is 0 Å². The van der Waals surface area contributed by atoms with Crippen molar-refractivity contribution < 1.29 is 0 Å². The molecule has 3 aromatic rings. The van der Waals surface area contributed by atoms with Gasteiger partial charge in [-0.1, -0.05) is 44.7 Å². The summed E-state index contributed by atoms with van der Waals surface area (Å²) < 4.78 is 2.54. The Bertz CT molecular complexity index is 1160. The third-order valence-electron chi connectivity index (χ3n) is 10.0. The van der Waals surface area contributed by atoms with E-state index in [0.717, 1.165) is 40.8 Å². The van der Waals surface area contributed by atoms with Crippen molar-refractivity contribution in [2.45, 2.75) is 102 Å². The Morgan fingerprint density at radius 3 is 2.43 bits per heavy atom. The molecular formula is C30H39N5. The van der Waals surface area contributed by atoms with Crippen molar-refractivity contribution in [2.24, 2.45) is 17.8 Å². The van der Waals surface area contributed by atoms with Crippen molar-refractivity contribution in [3.8, 4) is 11.5 Å². The van der Waals surface area contributed by atoms with Crippen molar-refractivity contribution >= 4 is 11.0 Å². The number of piperidine rings is 2. The Morgan fingerprint density at radius 1 is 0.800 bits per heavy atom. The van der Waals surface area contributed by atoms with Gasteiger partial charge in [0.2, 0.25) is 0 Å². The molecule has 0 spiro atoms. The molecule has 2 aliphatic carbocycles. The number of aromatic nitrogens is 4. The standard InChI is InChI=1S/C30H39N5/c1-20-10-11-23-17-25(18-29(20)34(23)24-15-21-6-2-3-7-22(14-21)16-24)35-28-9-5-4-8-26(28)33-30(35)27-19-31-12-13-32-27/h4-5,8-9,12-13,19-25,29H,2-3,6-7,10-11,14-18H2,1H3/t20-,21-,22+,23+,24?,25-,29+/m1/s1. The number of fused-ring (bicyclic) bond motifs is 5. The zero-order chi connectivity index (χ0) is 23.4. The van der Waals surface area contributed by atoms with Crippen molar-refractivity contribution in [3.05, 3.63) is 42.9 Å². The van der Waals surface area contributed by atoms with Crippen LogP contribution in [-0.4, -0.2) is 42.5 Å². The van der Waals surface area contributed by atoms with Crippen LogP contribution < -0.4 is 0 Å². The quantitative estimate of drug-likeness (QED) is 0.430. The first-order chi connectivity index (χ1) is 17.2. The normalized spacial score (nSPS) is 35.6. The maximum Gasteiger partial charge on any atom is 0.161 e. The molecule has 4 fully saturated rings. The van der Waals surface area contributed by atoms with E-state index in [4.69, 9.17) is 4.98 Å². The zero-order valence-electron chi connectivity index (χ0n) is 21.1. The van der Waals surface area contributed by atoms with Crippen LogP contribution in [0.1, 0.15) is 83.6 Å². The van der Waals surface area contributed by atoms with Crippen molar-refractivity contribution in [1.82, 2.24) is 24.4 Å². The largest absolute Gasteiger partial charge is 0.319 e. The van der Waals surface area contributed by atoms with Gasteiger partial charge in [-0.05, 0) is 74.8 Å². The second kappa shape index (κ2) is 8.99. The Balaban J connectivity index is 1.24. The SMILES string of the molecule is C[C@@H]1CC[C@H]2C[C@@H](n3c(-c4cnccn4)nc4ccccc43)C[C@@H]1N2C1C[C@H]2CCCC[C@@H](C1)C2. The molecule has 2 saturated heterocycles. The molecular weight excluding hydrogens is 430 g/mol. The maximum atomic E-state index is 5.08. The highest BCUT2D eigenvalue weighted by molar-refractivity contribution is 5.80. The third-order valence-corrected chi connectivity index (χ3v) is 10.0. The summed E-state index contributed by atoms with van der Waals surface area (Å²) in [6.07, 6.45) is 21.0. The first kappa shape index (κ1) is 22.0. The zero-order valence-corrected chi connectivity index (χ0v) is 21.1. The summed E-state index contributed by atoms with van der Waals surface area (Å²) >= 11 is 0. The molecule has 184 valence electrons. The Morgan fingerprint density at radius 2 is 1.63 bits per heavy atom. The number of imidazole rings is 1. The molecule has 4 aliphatic rings. The fourth-order valence-electron chi connectivity index (χ4n) is 8.54. The molecule has 4 bridgehead atoms. The van der Waals surface area contributed by atoms with E-state index < -0.39 is 0 Å². The van der Waals surface area contributed by atoms with E-state index >= 15 is 0 Å². The van der Waals surface area contributed by atoms with Crippen LogP contribution in [0.4, 0.5) is 0 Å². The Labute approximate surface area is 209 Å². The summed E-state index contributed by atoms with van der Waals surface area (Å²) in [5, 5.41) is 0. The van der Waals surface area contributed by atoms with Crippen LogP contribution in [0, 0.1) is 17.8 Å². The second-order valence-electron chi connectivity index (χ2n) is 12.1. The molecule has 0 amide bonds. The van der Waals surface area contributed by atoms with Crippen LogP contribution in [0.2, 0.25) is 0 Å². The van der Waals surface area contributed by atoms with Crippen molar-refractivity contribution in [3.63, 3.8) is 0 Å². The van der Waals surface area contributed by atoms with Gasteiger partial charge in [-0.3, -0.25) is 9.88 Å². The minimum Gasteiger partial charge on any atom is -0.319 e. The molecule has 5 nitrogen and oxygen atoms in total. The summed E-state index contributed by atoms with van der Waals surface area (Å²) in [6.45, 7) is 2.53. The highest BCUT2D eigenvalue weighted by Gasteiger charge is 2.47. The number of benzene rings is 1. The highest BCUT2D eigenvalue weighted by atomic mass is 15.3. The smallest absolute Gasteiger partial charge is 0.161 e. The molecule has 0 N–H and O–H groups in total. The van der Waals surface area contributed by atoms with E-state index in [1.807, 2.05) is 6.20 Å². The van der Waals surface area contributed by atoms with Crippen LogP contribution in [0.3, 0.4) is 0 Å². The summed E-state index contributed by atoms with van der Waals surface area (Å²) in [7, 11) is 0. The predicted octanol–water partition coefficient (Wildman–Crippen LogP) is 6.66. The van der Waals surface area contributed by atoms with Crippen LogP contribution in [-0.2, 0) is 0 Å². The molecule has 7 atom stereocenters. The molecule has 2 saturated carbocycles. The van der Waals surface area contributed by atoms with Gasteiger partial charge in [0.25, 0.3) is 0 Å². The van der Waals surface area contributed by atoms with E-state index in [2.05, 4.69) is 50.6 Å². The average molecular weight is 470 g/mol. The topological polar surface area (TPSA) is 46.8 Å². The molecule has 35 heavy (non-hydrogen) atoms. The first-order valence-electron chi connectivity index (χ1n) is 14.3. The molecule has 4 heterocycles. The highest BCUT2D eigenvalue weighted by Crippen LogP contribution is 2.49. The van der Waals surface area contributed by atoms with E-state index in [1.54, 1.807) is 12.4 Å². The number of nitrogens with zero attached hydrogens (tertiary/aromatic N) is 5. The lowest BCUT2D eigenvalue weighted by Crippen LogP contribution is -2.60. The van der Waals surface area contributed by atoms with Crippen molar-refractivity contribution in [2.75, 3.05) is 0 Å². The Kier molecular flexibility index (Phi) is 5.64. The molecule has 7 rings (SSSR count). The minimum absolute atomic E-state index is 0.472. The van der Waals surface area contributed by atoms with Gasteiger partial charge in [0, 0.05) is 36.6 Å². The second-order valence-corrected chi connectivity index (χ2v) is 12.1. The first-order valence-corrected chi connectivity index (χ1v) is 14.3. The number of hydrogen-bond acceptors (Lipinski definition) is 4. The van der Waals surface area contributed by atoms with E-state index in [0.29, 0.717) is 18.1 Å². The summed E-state index contributed by atoms with van der Waals surface area (Å²) in [5.41, 5.74) is 3.21. The van der Waals surface area contributed by atoms with Gasteiger partial charge in [0.15, 0.2) is 5.82 Å². The number of rotatable bonds is 3. The number of hydrogen-bond donors (Lipinski definition) is 0. The van der Waals surface area contributed by atoms with Crippen LogP contribution >= 0.6 is 0 Å². The van der Waals surface area contributed by atoms with Gasteiger partial charge in [-0.2, -0.15) is 0 Å². The monoisotopic (exact) mass is 469 g/mol. The summed E-state index contributed by atoms with van der Waals surface area (Å²) in [4.78, 5) is 17.2. The van der Waals surface area contributed by atoms with Gasteiger partial charge in [0.05, 0.1) is 17.2 Å². The molecule has 2 aromatic heterocycles. The third kappa shape index (κ3) is 3.91. The lowest BCUT2D eigenvalue weighted by molar-refractivity contribution is -0.0637. The Hall–Kier alpha value is -2.27. The van der Waals surface area contributed by atoms with E-state index in [9.17, 15) is 0 Å². The molecule has 0 radical (unpaired) electrons. The maximum absolute atomic E-state index is 5.08. The molecule has 1 aromatic carbocycles. The van der Waals surface area contributed by atoms with E-state index in [-0.39, 0.29) is 0 Å². The van der Waals surface area contributed by atoms with Crippen molar-refractivity contribution in [1.29, 1.82) is 0 Å². The van der Waals surface area contributed by atoms with Gasteiger partial charge >= 0.3 is 0 Å². The lowest BCUT2D eigenvalue weighted by Gasteiger charge is -2.56. The lowest BCUT2D eigenvalue weighted by atomic mass is 9.71. The van der Waals surface area contributed by atoms with Crippen LogP contribution in [0.15, 0.2) is 42.9 Å². The van der Waals surface area contributed by atoms with E-state index in [1.165, 1.54) is 76.1 Å². The fourth-order valence-corrected chi connectivity index (χ4v) is 8.54. The van der Waals surface area contributed by atoms with Gasteiger partial charge in [0.1, 0.15) is 5.69 Å². The van der Waals surface area contributed by atoms with Gasteiger partial charge in [-0.25, -0.2) is 9.97 Å².